The van der Waals surface area contributed by atoms with Crippen molar-refractivity contribution in [3.63, 3.8) is 0 Å². The van der Waals surface area contributed by atoms with E-state index in [1.54, 1.807) is 0 Å². The molecule has 0 aliphatic heterocycles. The zero-order chi connectivity index (χ0) is 17.0. The Hall–Kier alpha value is -1.80. The topological polar surface area (TPSA) is 81.6 Å². The van der Waals surface area contributed by atoms with Gasteiger partial charge in [0.15, 0.2) is 0 Å². The van der Waals surface area contributed by atoms with Crippen molar-refractivity contribution < 1.29 is 28.2 Å². The molecule has 22 heavy (non-hydrogen) atoms. The van der Waals surface area contributed by atoms with Crippen LogP contribution in [0.3, 0.4) is 0 Å². The summed E-state index contributed by atoms with van der Waals surface area (Å²) in [5.74, 6) is 0. The maximum absolute atomic E-state index is 12.6. The molecule has 8 heteroatoms. The zero-order valence-corrected chi connectivity index (χ0v) is 12.3. The minimum Gasteiger partial charge on any atom is -0.394 e. The summed E-state index contributed by atoms with van der Waals surface area (Å²) < 4.78 is 37.7. The predicted molar refractivity (Wildman–Crippen MR) is 74.1 cm³/mol. The van der Waals surface area contributed by atoms with Crippen LogP contribution in [0.15, 0.2) is 18.2 Å². The molecule has 2 amide bonds. The summed E-state index contributed by atoms with van der Waals surface area (Å²) in [6.45, 7) is 2.11. The van der Waals surface area contributed by atoms with E-state index in [0.29, 0.717) is 11.1 Å². The third-order valence-corrected chi connectivity index (χ3v) is 3.22. The Labute approximate surface area is 126 Å². The van der Waals surface area contributed by atoms with Crippen LogP contribution in [-0.4, -0.2) is 35.0 Å². The van der Waals surface area contributed by atoms with Crippen LogP contribution < -0.4 is 10.6 Å². The number of aryl methyl sites for hydroxylation is 1. The third-order valence-electron chi connectivity index (χ3n) is 3.22. The van der Waals surface area contributed by atoms with Gasteiger partial charge in [-0.05, 0) is 37.1 Å². The first-order chi connectivity index (χ1) is 10.1. The molecule has 0 atom stereocenters. The molecule has 0 radical (unpaired) electrons. The van der Waals surface area contributed by atoms with Gasteiger partial charge in [-0.1, -0.05) is 6.07 Å². The number of halogens is 3. The van der Waals surface area contributed by atoms with E-state index < -0.39 is 36.5 Å². The molecular formula is C14H19F3N2O3. The van der Waals surface area contributed by atoms with E-state index in [1.165, 1.54) is 19.9 Å². The molecule has 124 valence electrons. The number of urea groups is 1. The van der Waals surface area contributed by atoms with Crippen LogP contribution in [0.4, 0.5) is 18.0 Å². The molecule has 0 fully saturated rings. The van der Waals surface area contributed by atoms with Gasteiger partial charge in [0.1, 0.15) is 0 Å². The highest BCUT2D eigenvalue weighted by atomic mass is 19.4. The largest absolute Gasteiger partial charge is 0.416 e. The second-order valence-corrected chi connectivity index (χ2v) is 5.32. The van der Waals surface area contributed by atoms with E-state index in [2.05, 4.69) is 10.6 Å². The van der Waals surface area contributed by atoms with Crippen LogP contribution >= 0.6 is 0 Å². The lowest BCUT2D eigenvalue weighted by atomic mass is 10.0. The third kappa shape index (κ3) is 4.88. The average Bonchev–Trinajstić information content (AvgIpc) is 2.44. The van der Waals surface area contributed by atoms with Crippen molar-refractivity contribution in [2.75, 3.05) is 13.2 Å². The van der Waals surface area contributed by atoms with Gasteiger partial charge < -0.3 is 20.8 Å². The maximum atomic E-state index is 12.6. The van der Waals surface area contributed by atoms with Crippen LogP contribution in [0.1, 0.15) is 23.6 Å². The summed E-state index contributed by atoms with van der Waals surface area (Å²) in [4.78, 5) is 11.7. The Bertz CT molecular complexity index is 529. The fraction of sp³-hybridized carbons (Fsp3) is 0.500. The van der Waals surface area contributed by atoms with Gasteiger partial charge in [-0.15, -0.1) is 0 Å². The second-order valence-electron chi connectivity index (χ2n) is 5.32. The predicted octanol–water partition coefficient (Wildman–Crippen LogP) is 1.56. The minimum atomic E-state index is -4.40. The van der Waals surface area contributed by atoms with E-state index >= 15 is 0 Å². The fourth-order valence-corrected chi connectivity index (χ4v) is 1.69. The first-order valence-corrected chi connectivity index (χ1v) is 6.56. The number of carbonyl (C=O) groups is 1. The molecule has 0 heterocycles. The van der Waals surface area contributed by atoms with Crippen LogP contribution in [0.25, 0.3) is 0 Å². The number of alkyl halides is 3. The molecule has 4 N–H and O–H groups in total. The van der Waals surface area contributed by atoms with Gasteiger partial charge >= 0.3 is 12.2 Å². The van der Waals surface area contributed by atoms with Crippen molar-refractivity contribution >= 4 is 6.03 Å². The molecule has 0 spiro atoms. The van der Waals surface area contributed by atoms with Crippen LogP contribution in [-0.2, 0) is 12.7 Å². The normalized spacial score (nSPS) is 12.1. The van der Waals surface area contributed by atoms with Gasteiger partial charge in [0, 0.05) is 6.54 Å². The Morgan fingerprint density at radius 2 is 1.82 bits per heavy atom. The van der Waals surface area contributed by atoms with E-state index in [0.717, 1.165) is 12.1 Å². The smallest absolute Gasteiger partial charge is 0.394 e. The fourth-order valence-electron chi connectivity index (χ4n) is 1.69. The van der Waals surface area contributed by atoms with Crippen molar-refractivity contribution in [1.29, 1.82) is 0 Å². The first-order valence-electron chi connectivity index (χ1n) is 6.56. The van der Waals surface area contributed by atoms with Crippen molar-refractivity contribution in [2.45, 2.75) is 32.1 Å². The van der Waals surface area contributed by atoms with E-state index in [4.69, 9.17) is 10.2 Å². The highest BCUT2D eigenvalue weighted by Crippen LogP contribution is 2.30. The number of amides is 2. The number of hydrogen-bond donors (Lipinski definition) is 4. The summed E-state index contributed by atoms with van der Waals surface area (Å²) in [7, 11) is 0. The Kier molecular flexibility index (Phi) is 5.78. The number of benzene rings is 1. The van der Waals surface area contributed by atoms with Crippen molar-refractivity contribution in [1.82, 2.24) is 10.6 Å². The van der Waals surface area contributed by atoms with Crippen LogP contribution in [0.5, 0.6) is 0 Å². The Morgan fingerprint density at radius 3 is 2.27 bits per heavy atom. The molecule has 0 saturated heterocycles. The Balaban J connectivity index is 2.67. The summed E-state index contributed by atoms with van der Waals surface area (Å²) in [6, 6.07) is 2.63. The number of carbonyl (C=O) groups excluding carboxylic acids is 1. The SMILES string of the molecule is Cc1cc(C(F)(F)F)ccc1CNC(=O)NC(C)(CO)CO. The van der Waals surface area contributed by atoms with Gasteiger partial charge in [0.25, 0.3) is 0 Å². The number of nitrogens with one attached hydrogen (secondary N) is 2. The van der Waals surface area contributed by atoms with Crippen molar-refractivity contribution in [3.05, 3.63) is 34.9 Å². The molecule has 0 unspecified atom stereocenters. The highest BCUT2D eigenvalue weighted by molar-refractivity contribution is 5.74. The van der Waals surface area contributed by atoms with Gasteiger partial charge in [0.05, 0.1) is 24.3 Å². The molecule has 1 aromatic carbocycles. The summed E-state index contributed by atoms with van der Waals surface area (Å²) in [5.41, 5.74) is -0.967. The van der Waals surface area contributed by atoms with E-state index in [1.807, 2.05) is 0 Å². The molecular weight excluding hydrogens is 301 g/mol. The van der Waals surface area contributed by atoms with E-state index in [9.17, 15) is 18.0 Å². The lowest BCUT2D eigenvalue weighted by Gasteiger charge is -2.26. The lowest BCUT2D eigenvalue weighted by molar-refractivity contribution is -0.137. The van der Waals surface area contributed by atoms with Gasteiger partial charge in [-0.2, -0.15) is 13.2 Å². The second kappa shape index (κ2) is 6.97. The maximum Gasteiger partial charge on any atom is 0.416 e. The molecule has 0 aliphatic rings. The summed E-state index contributed by atoms with van der Waals surface area (Å²) in [5, 5.41) is 23.0. The standard InChI is InChI=1S/C14H19F3N2O3/c1-9-5-11(14(15,16)17)4-3-10(9)6-18-12(22)19-13(2,7-20)8-21/h3-5,20-21H,6-8H2,1-2H3,(H2,18,19,22). The van der Waals surface area contributed by atoms with Crippen LogP contribution in [0.2, 0.25) is 0 Å². The summed E-state index contributed by atoms with van der Waals surface area (Å²) in [6.07, 6.45) is -4.40. The lowest BCUT2D eigenvalue weighted by Crippen LogP contribution is -2.54. The molecule has 0 aliphatic carbocycles. The monoisotopic (exact) mass is 320 g/mol. The van der Waals surface area contributed by atoms with Gasteiger partial charge in [0.2, 0.25) is 0 Å². The summed E-state index contributed by atoms with van der Waals surface area (Å²) >= 11 is 0. The van der Waals surface area contributed by atoms with Gasteiger partial charge in [-0.25, -0.2) is 4.79 Å². The number of hydrogen-bond acceptors (Lipinski definition) is 3. The molecule has 0 aromatic heterocycles. The van der Waals surface area contributed by atoms with Crippen molar-refractivity contribution in [2.24, 2.45) is 0 Å². The van der Waals surface area contributed by atoms with Gasteiger partial charge in [-0.3, -0.25) is 0 Å². The first kappa shape index (κ1) is 18.2. The number of aliphatic hydroxyl groups is 2. The van der Waals surface area contributed by atoms with E-state index in [-0.39, 0.29) is 6.54 Å². The number of rotatable bonds is 5. The molecule has 1 aromatic rings. The molecule has 5 nitrogen and oxygen atoms in total. The highest BCUT2D eigenvalue weighted by Gasteiger charge is 2.30. The van der Waals surface area contributed by atoms with Crippen molar-refractivity contribution in [3.8, 4) is 0 Å². The molecule has 1 rings (SSSR count). The molecule has 0 saturated carbocycles. The quantitative estimate of drug-likeness (QED) is 0.664. The average molecular weight is 320 g/mol. The van der Waals surface area contributed by atoms with Crippen LogP contribution in [0, 0.1) is 6.92 Å². The Morgan fingerprint density at radius 1 is 1.23 bits per heavy atom. The minimum absolute atomic E-state index is 0.0305. The number of aliphatic hydroxyl groups excluding tert-OH is 2. The molecule has 0 bridgehead atoms. The zero-order valence-electron chi connectivity index (χ0n) is 12.3.